The number of hydrogen-bond donors (Lipinski definition) is 2. The third-order valence-corrected chi connectivity index (χ3v) is 2.13. The van der Waals surface area contributed by atoms with Crippen LogP contribution in [0.3, 0.4) is 0 Å². The first kappa shape index (κ1) is 12.2. The highest BCUT2D eigenvalue weighted by molar-refractivity contribution is 6.24. The third-order valence-electron chi connectivity index (χ3n) is 2.13. The molecule has 6 heteroatoms. The van der Waals surface area contributed by atoms with Gasteiger partial charge in [-0.1, -0.05) is 6.92 Å². The first-order valence-corrected chi connectivity index (χ1v) is 4.86. The van der Waals surface area contributed by atoms with Crippen LogP contribution in [0.2, 0.25) is 0 Å². The van der Waals surface area contributed by atoms with Gasteiger partial charge in [-0.15, -0.1) is 0 Å². The summed E-state index contributed by atoms with van der Waals surface area (Å²) in [4.78, 5) is 33.2. The molecule has 0 amide bonds. The summed E-state index contributed by atoms with van der Waals surface area (Å²) >= 11 is 0. The normalized spacial score (nSPS) is 23.2. The van der Waals surface area contributed by atoms with Crippen molar-refractivity contribution in [3.05, 3.63) is 11.3 Å². The average Bonchev–Trinajstić information content (AvgIpc) is 2.41. The highest BCUT2D eigenvalue weighted by atomic mass is 16.6. The number of aliphatic hydroxyl groups excluding tert-OH is 1. The first-order chi connectivity index (χ1) is 7.47. The van der Waals surface area contributed by atoms with Crippen LogP contribution in [0.1, 0.15) is 26.2 Å². The van der Waals surface area contributed by atoms with Crippen molar-refractivity contribution in [3.8, 4) is 0 Å². The monoisotopic (exact) mass is 228 g/mol. The van der Waals surface area contributed by atoms with E-state index < -0.39 is 35.8 Å². The average molecular weight is 228 g/mol. The number of carboxylic acids is 1. The number of aliphatic hydroxyl groups is 1. The number of ketones is 1. The fourth-order valence-electron chi connectivity index (χ4n) is 1.42. The summed E-state index contributed by atoms with van der Waals surface area (Å²) in [5, 5.41) is 17.9. The number of allylic oxidation sites excluding steroid dienone is 1. The molecular weight excluding hydrogens is 216 g/mol. The van der Waals surface area contributed by atoms with Gasteiger partial charge in [-0.3, -0.25) is 9.59 Å². The van der Waals surface area contributed by atoms with E-state index in [1.165, 1.54) is 0 Å². The van der Waals surface area contributed by atoms with Gasteiger partial charge in [0.05, 0.1) is 6.42 Å². The van der Waals surface area contributed by atoms with Gasteiger partial charge in [0.25, 0.3) is 0 Å². The van der Waals surface area contributed by atoms with Gasteiger partial charge in [-0.05, 0) is 6.42 Å². The van der Waals surface area contributed by atoms with Crippen molar-refractivity contribution >= 4 is 17.7 Å². The molecule has 0 radical (unpaired) electrons. The van der Waals surface area contributed by atoms with Crippen molar-refractivity contribution in [3.63, 3.8) is 0 Å². The summed E-state index contributed by atoms with van der Waals surface area (Å²) < 4.78 is 4.58. The molecule has 2 N–H and O–H groups in total. The SMILES string of the molecule is CCC/C(O)=C1\C(=O)O[C@@H](CC(=O)O)C1=O. The van der Waals surface area contributed by atoms with E-state index in [4.69, 9.17) is 5.11 Å². The Labute approximate surface area is 91.5 Å². The molecule has 6 nitrogen and oxygen atoms in total. The summed E-state index contributed by atoms with van der Waals surface area (Å²) in [5.41, 5.74) is -0.409. The van der Waals surface area contributed by atoms with Crippen molar-refractivity contribution in [2.24, 2.45) is 0 Å². The number of carbonyl (C=O) groups is 3. The zero-order chi connectivity index (χ0) is 12.3. The van der Waals surface area contributed by atoms with Crippen LogP contribution < -0.4 is 0 Å². The number of cyclic esters (lactones) is 1. The molecule has 1 aliphatic heterocycles. The van der Waals surface area contributed by atoms with E-state index in [0.717, 1.165) is 0 Å². The standard InChI is InChI=1S/C10H12O6/c1-2-3-5(11)8-9(14)6(4-7(12)13)16-10(8)15/h6,11H,2-4H2,1H3,(H,12,13)/b8-5+/t6-/m0/s1. The van der Waals surface area contributed by atoms with E-state index in [1.807, 2.05) is 0 Å². The second-order valence-corrected chi connectivity index (χ2v) is 3.43. The summed E-state index contributed by atoms with van der Waals surface area (Å²) in [7, 11) is 0. The number of hydrogen-bond acceptors (Lipinski definition) is 5. The van der Waals surface area contributed by atoms with E-state index in [1.54, 1.807) is 6.92 Å². The molecule has 1 aliphatic rings. The van der Waals surface area contributed by atoms with Crippen LogP contribution in [-0.4, -0.2) is 34.0 Å². The van der Waals surface area contributed by atoms with E-state index in [0.29, 0.717) is 6.42 Å². The van der Waals surface area contributed by atoms with E-state index >= 15 is 0 Å². The van der Waals surface area contributed by atoms with Crippen molar-refractivity contribution in [1.82, 2.24) is 0 Å². The lowest BCUT2D eigenvalue weighted by molar-refractivity contribution is -0.147. The smallest absolute Gasteiger partial charge is 0.346 e. The number of aliphatic carboxylic acids is 1. The van der Waals surface area contributed by atoms with Crippen LogP contribution >= 0.6 is 0 Å². The zero-order valence-electron chi connectivity index (χ0n) is 8.73. The first-order valence-electron chi connectivity index (χ1n) is 4.86. The predicted molar refractivity (Wildman–Crippen MR) is 51.7 cm³/mol. The van der Waals surface area contributed by atoms with Gasteiger partial charge >= 0.3 is 11.9 Å². The maximum absolute atomic E-state index is 11.5. The Morgan fingerprint density at radius 2 is 2.00 bits per heavy atom. The number of carboxylic acid groups (broad SMARTS) is 1. The van der Waals surface area contributed by atoms with Crippen LogP contribution in [0.4, 0.5) is 0 Å². The number of esters is 1. The summed E-state index contributed by atoms with van der Waals surface area (Å²) in [6.45, 7) is 1.77. The fourth-order valence-corrected chi connectivity index (χ4v) is 1.42. The van der Waals surface area contributed by atoms with Gasteiger partial charge in [0.2, 0.25) is 5.78 Å². The summed E-state index contributed by atoms with van der Waals surface area (Å²) in [6.07, 6.45) is -1.12. The van der Waals surface area contributed by atoms with Crippen LogP contribution in [0.15, 0.2) is 11.3 Å². The minimum Gasteiger partial charge on any atom is -0.511 e. The fraction of sp³-hybridized carbons (Fsp3) is 0.500. The molecule has 1 atom stereocenters. The van der Waals surface area contributed by atoms with Gasteiger partial charge in [0.15, 0.2) is 6.10 Å². The molecule has 0 unspecified atom stereocenters. The number of rotatable bonds is 4. The minimum atomic E-state index is -1.31. The molecule has 0 saturated carbocycles. The molecule has 0 aromatic heterocycles. The lowest BCUT2D eigenvalue weighted by Gasteiger charge is -2.01. The molecule has 1 heterocycles. The van der Waals surface area contributed by atoms with Gasteiger partial charge in [-0.25, -0.2) is 4.79 Å². The zero-order valence-corrected chi connectivity index (χ0v) is 8.73. The van der Waals surface area contributed by atoms with Crippen LogP contribution in [0, 0.1) is 0 Å². The van der Waals surface area contributed by atoms with E-state index in [2.05, 4.69) is 4.74 Å². The van der Waals surface area contributed by atoms with Crippen molar-refractivity contribution in [2.45, 2.75) is 32.3 Å². The summed E-state index contributed by atoms with van der Waals surface area (Å²) in [6, 6.07) is 0. The molecule has 1 saturated heterocycles. The second kappa shape index (κ2) is 4.78. The van der Waals surface area contributed by atoms with Gasteiger partial charge in [0, 0.05) is 6.42 Å². The van der Waals surface area contributed by atoms with Crippen LogP contribution in [-0.2, 0) is 19.1 Å². The largest absolute Gasteiger partial charge is 0.511 e. The molecular formula is C10H12O6. The number of carbonyl (C=O) groups excluding carboxylic acids is 2. The van der Waals surface area contributed by atoms with Crippen molar-refractivity contribution in [1.29, 1.82) is 0 Å². The molecule has 0 bridgehead atoms. The Morgan fingerprint density at radius 1 is 1.38 bits per heavy atom. The van der Waals surface area contributed by atoms with Crippen LogP contribution in [0.25, 0.3) is 0 Å². The maximum atomic E-state index is 11.5. The Bertz CT molecular complexity index is 368. The molecule has 88 valence electrons. The van der Waals surface area contributed by atoms with Gasteiger partial charge in [0.1, 0.15) is 11.3 Å². The Morgan fingerprint density at radius 3 is 2.50 bits per heavy atom. The quantitative estimate of drug-likeness (QED) is 0.315. The summed E-state index contributed by atoms with van der Waals surface area (Å²) in [5.74, 6) is -3.26. The van der Waals surface area contributed by atoms with Crippen molar-refractivity contribution < 1.29 is 29.3 Å². The van der Waals surface area contributed by atoms with Gasteiger partial charge < -0.3 is 14.9 Å². The highest BCUT2D eigenvalue weighted by Gasteiger charge is 2.41. The third kappa shape index (κ3) is 2.39. The lowest BCUT2D eigenvalue weighted by atomic mass is 10.0. The molecule has 0 spiro atoms. The van der Waals surface area contributed by atoms with E-state index in [-0.39, 0.29) is 12.2 Å². The Balaban J connectivity index is 2.91. The predicted octanol–water partition coefficient (Wildman–Crippen LogP) is 0.568. The molecule has 1 fully saturated rings. The molecule has 1 rings (SSSR count). The van der Waals surface area contributed by atoms with Crippen molar-refractivity contribution in [2.75, 3.05) is 0 Å². The Kier molecular flexibility index (Phi) is 3.65. The van der Waals surface area contributed by atoms with Crippen LogP contribution in [0.5, 0.6) is 0 Å². The highest BCUT2D eigenvalue weighted by Crippen LogP contribution is 2.23. The number of Topliss-reactive ketones (excluding diaryl/α,β-unsaturated/α-hetero) is 1. The van der Waals surface area contributed by atoms with Gasteiger partial charge in [-0.2, -0.15) is 0 Å². The molecule has 0 aromatic rings. The molecule has 0 aliphatic carbocycles. The lowest BCUT2D eigenvalue weighted by Crippen LogP contribution is -2.20. The Hall–Kier alpha value is -1.85. The maximum Gasteiger partial charge on any atom is 0.346 e. The topological polar surface area (TPSA) is 101 Å². The molecule has 16 heavy (non-hydrogen) atoms. The second-order valence-electron chi connectivity index (χ2n) is 3.43. The minimum absolute atomic E-state index is 0.190. The number of ether oxygens (including phenoxy) is 1. The van der Waals surface area contributed by atoms with E-state index in [9.17, 15) is 19.5 Å². The molecule has 0 aromatic carbocycles.